The molecule has 0 radical (unpaired) electrons. The largest absolute Gasteiger partial charge is 0.573 e. The number of halogens is 3. The number of para-hydroxylation sites is 1. The second-order valence-corrected chi connectivity index (χ2v) is 6.12. The maximum absolute atomic E-state index is 12.4. The molecule has 3 aromatic rings. The van der Waals surface area contributed by atoms with Crippen LogP contribution < -0.4 is 10.1 Å². The molecule has 1 heterocycles. The van der Waals surface area contributed by atoms with Crippen LogP contribution in [-0.4, -0.2) is 17.3 Å². The monoisotopic (exact) mass is 374 g/mol. The third kappa shape index (κ3) is 4.55. The van der Waals surface area contributed by atoms with Crippen molar-refractivity contribution < 1.29 is 22.7 Å². The molecule has 0 bridgehead atoms. The molecule has 0 unspecified atom stereocenters. The van der Waals surface area contributed by atoms with Crippen LogP contribution in [0.15, 0.2) is 48.5 Å². The number of benzene rings is 2. The Labute approximate surface area is 154 Å². The van der Waals surface area contributed by atoms with Gasteiger partial charge in [0.2, 0.25) is 5.91 Å². The maximum atomic E-state index is 12.4. The van der Waals surface area contributed by atoms with Crippen LogP contribution in [0.2, 0.25) is 0 Å². The number of ether oxygens (including phenoxy) is 1. The minimum atomic E-state index is -4.75. The number of aryl methyl sites for hydroxylation is 2. The Morgan fingerprint density at radius 2 is 1.74 bits per heavy atom. The Morgan fingerprint density at radius 1 is 1.07 bits per heavy atom. The quantitative estimate of drug-likeness (QED) is 0.704. The fourth-order valence-corrected chi connectivity index (χ4v) is 2.94. The van der Waals surface area contributed by atoms with E-state index in [4.69, 9.17) is 0 Å². The first-order valence-corrected chi connectivity index (χ1v) is 8.23. The summed E-state index contributed by atoms with van der Waals surface area (Å²) < 4.78 is 40.4. The molecular formula is C20H17F3N2O2. The molecule has 0 fully saturated rings. The van der Waals surface area contributed by atoms with Gasteiger partial charge in [-0.3, -0.25) is 9.78 Å². The van der Waals surface area contributed by atoms with E-state index in [9.17, 15) is 18.0 Å². The average molecular weight is 374 g/mol. The van der Waals surface area contributed by atoms with E-state index in [1.165, 1.54) is 12.1 Å². The number of carbonyl (C=O) groups excluding carboxylic acids is 1. The Bertz CT molecular complexity index is 983. The molecule has 0 aliphatic heterocycles. The van der Waals surface area contributed by atoms with Crippen molar-refractivity contribution in [3.05, 3.63) is 65.4 Å². The number of rotatable bonds is 4. The summed E-state index contributed by atoms with van der Waals surface area (Å²) in [4.78, 5) is 16.9. The smallest absolute Gasteiger partial charge is 0.406 e. The van der Waals surface area contributed by atoms with E-state index in [-0.39, 0.29) is 18.1 Å². The summed E-state index contributed by atoms with van der Waals surface area (Å²) in [5.41, 5.74) is 3.86. The van der Waals surface area contributed by atoms with Crippen molar-refractivity contribution in [1.82, 2.24) is 4.98 Å². The van der Waals surface area contributed by atoms with Gasteiger partial charge in [0.05, 0.1) is 11.9 Å². The molecule has 3 rings (SSSR count). The van der Waals surface area contributed by atoms with Crippen LogP contribution in [0, 0.1) is 13.8 Å². The normalized spacial score (nSPS) is 11.4. The van der Waals surface area contributed by atoms with Crippen LogP contribution in [-0.2, 0) is 11.2 Å². The highest BCUT2D eigenvalue weighted by Crippen LogP contribution is 2.25. The van der Waals surface area contributed by atoms with Gasteiger partial charge in [-0.25, -0.2) is 0 Å². The van der Waals surface area contributed by atoms with Gasteiger partial charge in [0.25, 0.3) is 0 Å². The first-order chi connectivity index (χ1) is 12.7. The second kappa shape index (κ2) is 7.26. The van der Waals surface area contributed by atoms with Crippen molar-refractivity contribution in [2.45, 2.75) is 26.6 Å². The molecular weight excluding hydrogens is 357 g/mol. The number of aromatic nitrogens is 1. The third-order valence-corrected chi connectivity index (χ3v) is 4.19. The van der Waals surface area contributed by atoms with Gasteiger partial charge in [-0.05, 0) is 55.3 Å². The lowest BCUT2D eigenvalue weighted by Gasteiger charge is -2.13. The molecule has 4 nitrogen and oxygen atoms in total. The molecule has 0 spiro atoms. The highest BCUT2D eigenvalue weighted by Gasteiger charge is 2.30. The van der Waals surface area contributed by atoms with Crippen LogP contribution in [0.1, 0.15) is 16.8 Å². The number of hydrogen-bond donors (Lipinski definition) is 1. The van der Waals surface area contributed by atoms with Crippen molar-refractivity contribution in [3.8, 4) is 5.75 Å². The number of nitrogens with one attached hydrogen (secondary N) is 1. The van der Waals surface area contributed by atoms with Gasteiger partial charge < -0.3 is 10.1 Å². The topological polar surface area (TPSA) is 51.2 Å². The lowest BCUT2D eigenvalue weighted by molar-refractivity contribution is -0.274. The van der Waals surface area contributed by atoms with Crippen molar-refractivity contribution in [2.75, 3.05) is 5.32 Å². The molecule has 0 aliphatic rings. The molecule has 0 atom stereocenters. The molecule has 1 N–H and O–H groups in total. The zero-order valence-electron chi connectivity index (χ0n) is 14.7. The van der Waals surface area contributed by atoms with E-state index in [2.05, 4.69) is 15.0 Å². The molecule has 0 saturated heterocycles. The van der Waals surface area contributed by atoms with Crippen molar-refractivity contribution in [2.24, 2.45) is 0 Å². The summed E-state index contributed by atoms with van der Waals surface area (Å²) in [6.07, 6.45) is -4.63. The zero-order valence-corrected chi connectivity index (χ0v) is 14.7. The maximum Gasteiger partial charge on any atom is 0.573 e. The van der Waals surface area contributed by atoms with Crippen LogP contribution in [0.4, 0.5) is 18.9 Å². The number of fused-ring (bicyclic) bond motifs is 1. The van der Waals surface area contributed by atoms with E-state index >= 15 is 0 Å². The number of carbonyl (C=O) groups is 1. The van der Waals surface area contributed by atoms with Gasteiger partial charge in [-0.1, -0.05) is 18.2 Å². The summed E-state index contributed by atoms with van der Waals surface area (Å²) >= 11 is 0. The first kappa shape index (κ1) is 18.7. The second-order valence-electron chi connectivity index (χ2n) is 6.12. The number of hydrogen-bond acceptors (Lipinski definition) is 3. The Morgan fingerprint density at radius 3 is 2.41 bits per heavy atom. The predicted molar refractivity (Wildman–Crippen MR) is 96.7 cm³/mol. The lowest BCUT2D eigenvalue weighted by Crippen LogP contribution is -2.18. The highest BCUT2D eigenvalue weighted by atomic mass is 19.4. The average Bonchev–Trinajstić information content (AvgIpc) is 2.59. The van der Waals surface area contributed by atoms with Gasteiger partial charge >= 0.3 is 6.36 Å². The number of amides is 1. The lowest BCUT2D eigenvalue weighted by atomic mass is 9.99. The minimum Gasteiger partial charge on any atom is -0.406 e. The highest BCUT2D eigenvalue weighted by molar-refractivity contribution is 5.94. The number of alkyl halides is 3. The Kier molecular flexibility index (Phi) is 5.03. The standard InChI is InChI=1S/C20H17F3N2O2/c1-12-16-5-3-4-6-18(16)24-13(2)17(12)11-19(26)25-14-7-9-15(10-8-14)27-20(21,22)23/h3-10H,11H2,1-2H3,(H,25,26). The molecule has 140 valence electrons. The zero-order chi connectivity index (χ0) is 19.6. The molecule has 0 aliphatic carbocycles. The third-order valence-electron chi connectivity index (χ3n) is 4.19. The number of pyridine rings is 1. The number of anilines is 1. The van der Waals surface area contributed by atoms with Gasteiger partial charge in [0.15, 0.2) is 0 Å². The summed E-state index contributed by atoms with van der Waals surface area (Å²) in [5.74, 6) is -0.617. The van der Waals surface area contributed by atoms with E-state index in [1.54, 1.807) is 0 Å². The van der Waals surface area contributed by atoms with Crippen LogP contribution in [0.3, 0.4) is 0 Å². The van der Waals surface area contributed by atoms with Crippen molar-refractivity contribution >= 4 is 22.5 Å². The van der Waals surface area contributed by atoms with Gasteiger partial charge in [-0.2, -0.15) is 0 Å². The van der Waals surface area contributed by atoms with E-state index in [0.29, 0.717) is 5.69 Å². The van der Waals surface area contributed by atoms with Gasteiger partial charge in [0, 0.05) is 16.8 Å². The minimum absolute atomic E-state index is 0.121. The predicted octanol–water partition coefficient (Wildman–Crippen LogP) is 4.93. The van der Waals surface area contributed by atoms with Gasteiger partial charge in [0.1, 0.15) is 5.75 Å². The Hall–Kier alpha value is -3.09. The summed E-state index contributed by atoms with van der Waals surface area (Å²) in [7, 11) is 0. The summed E-state index contributed by atoms with van der Waals surface area (Å²) in [6.45, 7) is 3.80. The fourth-order valence-electron chi connectivity index (χ4n) is 2.94. The van der Waals surface area contributed by atoms with Crippen LogP contribution >= 0.6 is 0 Å². The van der Waals surface area contributed by atoms with E-state index in [1.807, 2.05) is 38.1 Å². The van der Waals surface area contributed by atoms with E-state index in [0.717, 1.165) is 39.9 Å². The fraction of sp³-hybridized carbons (Fsp3) is 0.200. The molecule has 1 aromatic heterocycles. The van der Waals surface area contributed by atoms with Crippen LogP contribution in [0.25, 0.3) is 10.9 Å². The molecule has 27 heavy (non-hydrogen) atoms. The first-order valence-electron chi connectivity index (χ1n) is 8.23. The van der Waals surface area contributed by atoms with Gasteiger partial charge in [-0.15, -0.1) is 13.2 Å². The van der Waals surface area contributed by atoms with E-state index < -0.39 is 6.36 Å². The van der Waals surface area contributed by atoms with Crippen molar-refractivity contribution in [1.29, 1.82) is 0 Å². The molecule has 7 heteroatoms. The molecule has 2 aromatic carbocycles. The summed E-state index contributed by atoms with van der Waals surface area (Å²) in [6, 6.07) is 12.7. The van der Waals surface area contributed by atoms with Crippen LogP contribution in [0.5, 0.6) is 5.75 Å². The summed E-state index contributed by atoms with van der Waals surface area (Å²) in [5, 5.41) is 3.67. The molecule has 1 amide bonds. The van der Waals surface area contributed by atoms with Crippen molar-refractivity contribution in [3.63, 3.8) is 0 Å². The molecule has 0 saturated carbocycles. The SMILES string of the molecule is Cc1nc2ccccc2c(C)c1CC(=O)Nc1ccc(OC(F)(F)F)cc1. The number of nitrogens with zero attached hydrogens (tertiary/aromatic N) is 1. The Balaban J connectivity index is 1.74.